The largest absolute Gasteiger partial charge is 0.508 e. The van der Waals surface area contributed by atoms with Crippen molar-refractivity contribution in [2.24, 2.45) is 0 Å². The van der Waals surface area contributed by atoms with Crippen LogP contribution in [0.5, 0.6) is 11.5 Å². The van der Waals surface area contributed by atoms with Gasteiger partial charge in [0.1, 0.15) is 16.5 Å². The Balaban J connectivity index is 2.61. The Bertz CT molecular complexity index is 1150. The van der Waals surface area contributed by atoms with Crippen LogP contribution in [0.15, 0.2) is 54.6 Å². The Labute approximate surface area is 186 Å². The molecule has 0 spiro atoms. The van der Waals surface area contributed by atoms with E-state index in [1.165, 1.54) is 48.5 Å². The molecular formula is C19H12Cl4O5S. The number of benzene rings is 3. The maximum absolute atomic E-state index is 13.0. The maximum Gasteiger partial charge on any atom is 0.283 e. The minimum Gasteiger partial charge on any atom is -0.508 e. The van der Waals surface area contributed by atoms with E-state index in [0.29, 0.717) is 0 Å². The Morgan fingerprint density at radius 2 is 1.31 bits per heavy atom. The van der Waals surface area contributed by atoms with Crippen LogP contribution in [0.2, 0.25) is 20.1 Å². The van der Waals surface area contributed by atoms with E-state index in [1.807, 2.05) is 0 Å². The molecule has 0 fully saturated rings. The third-order valence-corrected chi connectivity index (χ3v) is 7.26. The number of phenols is 2. The molecule has 3 rings (SSSR count). The van der Waals surface area contributed by atoms with Crippen molar-refractivity contribution in [3.8, 4) is 11.5 Å². The molecule has 0 amide bonds. The normalized spacial score (nSPS) is 13.8. The van der Waals surface area contributed by atoms with Gasteiger partial charge in [-0.05, 0) is 47.5 Å². The molecule has 5 nitrogen and oxygen atoms in total. The van der Waals surface area contributed by atoms with Gasteiger partial charge in [0.2, 0.25) is 0 Å². The number of hydrogen-bond donors (Lipinski definition) is 3. The Kier molecular flexibility index (Phi) is 5.98. The van der Waals surface area contributed by atoms with Crippen molar-refractivity contribution in [1.29, 1.82) is 0 Å². The van der Waals surface area contributed by atoms with Gasteiger partial charge in [-0.15, -0.1) is 0 Å². The number of halogens is 4. The van der Waals surface area contributed by atoms with Gasteiger partial charge in [0.05, 0.1) is 5.02 Å². The Morgan fingerprint density at radius 3 is 1.79 bits per heavy atom. The van der Waals surface area contributed by atoms with Crippen molar-refractivity contribution in [3.63, 3.8) is 0 Å². The van der Waals surface area contributed by atoms with Crippen LogP contribution in [0.25, 0.3) is 0 Å². The summed E-state index contributed by atoms with van der Waals surface area (Å²) >= 11 is 24.7. The van der Waals surface area contributed by atoms with E-state index in [-0.39, 0.29) is 42.5 Å². The van der Waals surface area contributed by atoms with Gasteiger partial charge in [-0.25, -0.2) is 0 Å². The summed E-state index contributed by atoms with van der Waals surface area (Å²) < 4.78 is 34.0. The van der Waals surface area contributed by atoms with Gasteiger partial charge >= 0.3 is 0 Å². The fourth-order valence-corrected chi connectivity index (χ4v) is 5.63. The summed E-state index contributed by atoms with van der Waals surface area (Å²) in [6.45, 7) is 0. The topological polar surface area (TPSA) is 94.8 Å². The molecule has 1 atom stereocenters. The van der Waals surface area contributed by atoms with Crippen molar-refractivity contribution in [2.45, 2.75) is 4.75 Å². The average molecular weight is 494 g/mol. The van der Waals surface area contributed by atoms with Crippen LogP contribution in [-0.4, -0.2) is 23.2 Å². The summed E-state index contributed by atoms with van der Waals surface area (Å²) in [6, 6.07) is 11.6. The van der Waals surface area contributed by atoms with E-state index in [9.17, 15) is 23.2 Å². The second-order valence-corrected chi connectivity index (χ2v) is 9.25. The van der Waals surface area contributed by atoms with Gasteiger partial charge in [-0.1, -0.05) is 64.6 Å². The summed E-state index contributed by atoms with van der Waals surface area (Å²) in [6.07, 6.45) is 0. The summed E-state index contributed by atoms with van der Waals surface area (Å²) in [5.41, 5.74) is -0.326. The minimum absolute atomic E-state index is 0.00871. The predicted molar refractivity (Wildman–Crippen MR) is 114 cm³/mol. The van der Waals surface area contributed by atoms with E-state index in [2.05, 4.69) is 0 Å². The summed E-state index contributed by atoms with van der Waals surface area (Å²) in [5, 5.41) is 19.4. The average Bonchev–Trinajstić information content (AvgIpc) is 2.62. The van der Waals surface area contributed by atoms with Gasteiger partial charge in [0.15, 0.2) is 4.75 Å². The highest BCUT2D eigenvalue weighted by Crippen LogP contribution is 2.51. The predicted octanol–water partition coefficient (Wildman–Crippen LogP) is 5.89. The SMILES string of the molecule is O=S(=O)(O)C(c1ccc(O)cc1)(c1cc(O)c(Cl)c(Cl)c1)c1c(Cl)cccc1Cl. The summed E-state index contributed by atoms with van der Waals surface area (Å²) in [7, 11) is -5.05. The zero-order chi connectivity index (χ0) is 21.6. The van der Waals surface area contributed by atoms with E-state index in [0.717, 1.165) is 6.07 Å². The van der Waals surface area contributed by atoms with Crippen LogP contribution >= 0.6 is 46.4 Å². The molecule has 0 aromatic heterocycles. The molecular weight excluding hydrogens is 482 g/mol. The second-order valence-electron chi connectivity index (χ2n) is 6.09. The van der Waals surface area contributed by atoms with E-state index >= 15 is 0 Å². The molecule has 3 N–H and O–H groups in total. The highest BCUT2D eigenvalue weighted by Gasteiger charge is 2.51. The molecule has 3 aromatic carbocycles. The molecule has 0 heterocycles. The first-order valence-electron chi connectivity index (χ1n) is 7.89. The van der Waals surface area contributed by atoms with Crippen LogP contribution in [0, 0.1) is 0 Å². The van der Waals surface area contributed by atoms with Crippen LogP contribution in [-0.2, 0) is 14.9 Å². The number of phenolic OH excluding ortho intramolecular Hbond substituents is 2. The van der Waals surface area contributed by atoms with E-state index < -0.39 is 20.6 Å². The first-order chi connectivity index (χ1) is 13.5. The lowest BCUT2D eigenvalue weighted by atomic mass is 9.83. The number of aromatic hydroxyl groups is 2. The van der Waals surface area contributed by atoms with Crippen molar-refractivity contribution in [3.05, 3.63) is 91.4 Å². The number of rotatable bonds is 4. The molecule has 0 aliphatic rings. The van der Waals surface area contributed by atoms with Crippen molar-refractivity contribution < 1.29 is 23.2 Å². The highest BCUT2D eigenvalue weighted by atomic mass is 35.5. The van der Waals surface area contributed by atoms with Crippen LogP contribution in [0.1, 0.15) is 16.7 Å². The van der Waals surface area contributed by atoms with Gasteiger partial charge < -0.3 is 10.2 Å². The highest BCUT2D eigenvalue weighted by molar-refractivity contribution is 7.87. The smallest absolute Gasteiger partial charge is 0.283 e. The standard InChI is InChI=1S/C19H12Cl4O5S/c20-13-2-1-3-14(21)17(13)19(29(26,27)28,10-4-6-12(24)7-5-10)11-8-15(22)18(23)16(25)9-11/h1-9,24-25H,(H,26,27,28). The van der Waals surface area contributed by atoms with E-state index in [1.54, 1.807) is 0 Å². The molecule has 1 unspecified atom stereocenters. The lowest BCUT2D eigenvalue weighted by Gasteiger charge is -2.34. The van der Waals surface area contributed by atoms with Crippen LogP contribution in [0.3, 0.4) is 0 Å². The lowest BCUT2D eigenvalue weighted by molar-refractivity contribution is 0.455. The minimum atomic E-state index is -5.05. The third-order valence-electron chi connectivity index (χ3n) is 4.39. The van der Waals surface area contributed by atoms with E-state index in [4.69, 9.17) is 46.4 Å². The quantitative estimate of drug-likeness (QED) is 0.311. The fraction of sp³-hybridized carbons (Fsp3) is 0.0526. The molecule has 0 aliphatic heterocycles. The lowest BCUT2D eigenvalue weighted by Crippen LogP contribution is -2.39. The molecule has 0 aliphatic carbocycles. The van der Waals surface area contributed by atoms with Crippen LogP contribution < -0.4 is 0 Å². The Morgan fingerprint density at radius 1 is 0.759 bits per heavy atom. The molecule has 10 heteroatoms. The van der Waals surface area contributed by atoms with Crippen molar-refractivity contribution >= 4 is 56.5 Å². The van der Waals surface area contributed by atoms with Gasteiger partial charge in [0.25, 0.3) is 10.1 Å². The second kappa shape index (κ2) is 7.87. The third kappa shape index (κ3) is 3.65. The first kappa shape index (κ1) is 22.0. The summed E-state index contributed by atoms with van der Waals surface area (Å²) in [4.78, 5) is 0. The monoisotopic (exact) mass is 492 g/mol. The molecule has 152 valence electrons. The molecule has 0 radical (unpaired) electrons. The van der Waals surface area contributed by atoms with Gasteiger partial charge in [-0.2, -0.15) is 8.42 Å². The Hall–Kier alpha value is -1.67. The van der Waals surface area contributed by atoms with Crippen molar-refractivity contribution in [2.75, 3.05) is 0 Å². The van der Waals surface area contributed by atoms with Gasteiger partial charge in [0, 0.05) is 15.6 Å². The zero-order valence-electron chi connectivity index (χ0n) is 14.3. The van der Waals surface area contributed by atoms with Crippen LogP contribution in [0.4, 0.5) is 0 Å². The maximum atomic E-state index is 13.0. The fourth-order valence-electron chi connectivity index (χ4n) is 3.19. The molecule has 0 bridgehead atoms. The molecule has 29 heavy (non-hydrogen) atoms. The molecule has 3 aromatic rings. The van der Waals surface area contributed by atoms with Crippen molar-refractivity contribution in [1.82, 2.24) is 0 Å². The number of hydrogen-bond acceptors (Lipinski definition) is 4. The first-order valence-corrected chi connectivity index (χ1v) is 10.8. The zero-order valence-corrected chi connectivity index (χ0v) is 18.1. The molecule has 0 saturated carbocycles. The van der Waals surface area contributed by atoms with Gasteiger partial charge in [-0.3, -0.25) is 4.55 Å². The summed E-state index contributed by atoms with van der Waals surface area (Å²) in [5.74, 6) is -0.649. The molecule has 0 saturated heterocycles.